The maximum absolute atomic E-state index is 2.36. The molecule has 0 aromatic heterocycles. The molecular weight excluding hydrogens is 144 g/mol. The molecule has 74 valence electrons. The Balaban J connectivity index is 0.000000561. The van der Waals surface area contributed by atoms with Crippen LogP contribution >= 0.6 is 0 Å². The lowest BCUT2D eigenvalue weighted by atomic mass is 9.64. The van der Waals surface area contributed by atoms with Gasteiger partial charge < -0.3 is 0 Å². The van der Waals surface area contributed by atoms with E-state index in [0.29, 0.717) is 0 Å². The lowest BCUT2D eigenvalue weighted by molar-refractivity contribution is 0.0793. The Morgan fingerprint density at radius 1 is 0.750 bits per heavy atom. The molecule has 0 N–H and O–H groups in total. The monoisotopic (exact) mass is 170 g/mol. The molecule has 1 rings (SSSR count). The summed E-state index contributed by atoms with van der Waals surface area (Å²) in [7, 11) is 0. The van der Waals surface area contributed by atoms with Gasteiger partial charge in [0.25, 0.3) is 0 Å². The van der Waals surface area contributed by atoms with Crippen molar-refractivity contribution in [1.29, 1.82) is 0 Å². The molecule has 0 bridgehead atoms. The van der Waals surface area contributed by atoms with Crippen molar-refractivity contribution in [3.05, 3.63) is 0 Å². The van der Waals surface area contributed by atoms with Crippen LogP contribution in [0, 0.1) is 23.7 Å². The average Bonchev–Trinajstić information content (AvgIpc) is 1.86. The van der Waals surface area contributed by atoms with E-state index in [9.17, 15) is 0 Å². The van der Waals surface area contributed by atoms with E-state index in [1.165, 1.54) is 12.8 Å². The minimum Gasteiger partial charge on any atom is -0.0683 e. The smallest absolute Gasteiger partial charge is 0.0360 e. The van der Waals surface area contributed by atoms with Crippen LogP contribution in [0.15, 0.2) is 0 Å². The molecule has 0 spiro atoms. The highest BCUT2D eigenvalue weighted by atomic mass is 14.4. The molecule has 1 aliphatic carbocycles. The van der Waals surface area contributed by atoms with Gasteiger partial charge in [-0.05, 0) is 36.5 Å². The van der Waals surface area contributed by atoms with E-state index < -0.39 is 0 Å². The molecule has 0 nitrogen and oxygen atoms in total. The molecule has 2 atom stereocenters. The summed E-state index contributed by atoms with van der Waals surface area (Å²) in [5.41, 5.74) is 0. The molecule has 0 aromatic rings. The first-order valence-electron chi connectivity index (χ1n) is 5.63. The highest BCUT2D eigenvalue weighted by molar-refractivity contribution is 4.84. The van der Waals surface area contributed by atoms with Crippen molar-refractivity contribution in [3.63, 3.8) is 0 Å². The van der Waals surface area contributed by atoms with Crippen LogP contribution in [-0.4, -0.2) is 0 Å². The molecular formula is C12H26. The predicted molar refractivity (Wildman–Crippen MR) is 57.2 cm³/mol. The number of hydrogen-bond acceptors (Lipinski definition) is 0. The second-order valence-corrected chi connectivity index (χ2v) is 4.39. The standard InChI is InChI=1S/C10H20.C2H6/c1-7(2)9-5-6-10(9)8(3)4;1-2/h7-10H,5-6H2,1-4H3;1-2H3. The van der Waals surface area contributed by atoms with E-state index >= 15 is 0 Å². The maximum Gasteiger partial charge on any atom is -0.0360 e. The SMILES string of the molecule is CC.CC(C)C1CCC1C(C)C. The van der Waals surface area contributed by atoms with Crippen molar-refractivity contribution in [1.82, 2.24) is 0 Å². The quantitative estimate of drug-likeness (QED) is 0.578. The first-order valence-corrected chi connectivity index (χ1v) is 5.63. The van der Waals surface area contributed by atoms with E-state index in [0.717, 1.165) is 23.7 Å². The molecule has 1 saturated carbocycles. The Morgan fingerprint density at radius 3 is 1.08 bits per heavy atom. The fourth-order valence-electron chi connectivity index (χ4n) is 2.21. The van der Waals surface area contributed by atoms with Crippen LogP contribution in [0.25, 0.3) is 0 Å². The Hall–Kier alpha value is 0. The summed E-state index contributed by atoms with van der Waals surface area (Å²) in [6.07, 6.45) is 2.97. The topological polar surface area (TPSA) is 0 Å². The Kier molecular flexibility index (Phi) is 5.61. The van der Waals surface area contributed by atoms with Crippen LogP contribution in [0.3, 0.4) is 0 Å². The third kappa shape index (κ3) is 2.80. The summed E-state index contributed by atoms with van der Waals surface area (Å²) in [6, 6.07) is 0. The Morgan fingerprint density at radius 2 is 1.00 bits per heavy atom. The molecule has 0 heterocycles. The van der Waals surface area contributed by atoms with Gasteiger partial charge >= 0.3 is 0 Å². The van der Waals surface area contributed by atoms with Crippen LogP contribution in [0.2, 0.25) is 0 Å². The second-order valence-electron chi connectivity index (χ2n) is 4.39. The summed E-state index contributed by atoms with van der Waals surface area (Å²) >= 11 is 0. The molecule has 1 aliphatic rings. The van der Waals surface area contributed by atoms with Crippen molar-refractivity contribution in [2.75, 3.05) is 0 Å². The van der Waals surface area contributed by atoms with Crippen molar-refractivity contribution in [3.8, 4) is 0 Å². The molecule has 0 saturated heterocycles. The predicted octanol–water partition coefficient (Wildman–Crippen LogP) is 4.35. The lowest BCUT2D eigenvalue weighted by Gasteiger charge is -2.42. The summed E-state index contributed by atoms with van der Waals surface area (Å²) in [4.78, 5) is 0. The third-order valence-corrected chi connectivity index (χ3v) is 3.10. The zero-order chi connectivity index (χ0) is 9.72. The minimum atomic E-state index is 0.918. The molecule has 0 aromatic carbocycles. The van der Waals surface area contributed by atoms with Crippen LogP contribution in [0.5, 0.6) is 0 Å². The van der Waals surface area contributed by atoms with Crippen LogP contribution in [0.4, 0.5) is 0 Å². The number of hydrogen-bond donors (Lipinski definition) is 0. The van der Waals surface area contributed by atoms with E-state index in [1.807, 2.05) is 13.8 Å². The minimum absolute atomic E-state index is 0.918. The maximum atomic E-state index is 2.36. The summed E-state index contributed by atoms with van der Waals surface area (Å²) in [5, 5.41) is 0. The van der Waals surface area contributed by atoms with Crippen molar-refractivity contribution in [2.24, 2.45) is 23.7 Å². The second kappa shape index (κ2) is 5.61. The Bertz CT molecular complexity index is 88.6. The third-order valence-electron chi connectivity index (χ3n) is 3.10. The fourth-order valence-corrected chi connectivity index (χ4v) is 2.21. The largest absolute Gasteiger partial charge is 0.0683 e. The van der Waals surface area contributed by atoms with Crippen LogP contribution < -0.4 is 0 Å². The van der Waals surface area contributed by atoms with Gasteiger partial charge in [0, 0.05) is 0 Å². The van der Waals surface area contributed by atoms with Crippen LogP contribution in [0.1, 0.15) is 54.4 Å². The van der Waals surface area contributed by atoms with E-state index in [1.54, 1.807) is 0 Å². The first-order chi connectivity index (χ1) is 5.63. The molecule has 12 heavy (non-hydrogen) atoms. The van der Waals surface area contributed by atoms with Gasteiger partial charge in [0.05, 0.1) is 0 Å². The summed E-state index contributed by atoms with van der Waals surface area (Å²) < 4.78 is 0. The number of rotatable bonds is 2. The zero-order valence-electron chi connectivity index (χ0n) is 9.72. The van der Waals surface area contributed by atoms with Gasteiger partial charge in [-0.2, -0.15) is 0 Å². The normalized spacial score (nSPS) is 28.0. The van der Waals surface area contributed by atoms with E-state index in [4.69, 9.17) is 0 Å². The Labute approximate surface area is 78.8 Å². The van der Waals surface area contributed by atoms with Gasteiger partial charge in [-0.1, -0.05) is 41.5 Å². The first kappa shape index (κ1) is 12.0. The van der Waals surface area contributed by atoms with Gasteiger partial charge in [0.15, 0.2) is 0 Å². The van der Waals surface area contributed by atoms with Crippen molar-refractivity contribution >= 4 is 0 Å². The molecule has 0 amide bonds. The highest BCUT2D eigenvalue weighted by Crippen LogP contribution is 2.43. The van der Waals surface area contributed by atoms with Crippen molar-refractivity contribution in [2.45, 2.75) is 54.4 Å². The van der Waals surface area contributed by atoms with E-state index in [-0.39, 0.29) is 0 Å². The van der Waals surface area contributed by atoms with Crippen molar-refractivity contribution < 1.29 is 0 Å². The summed E-state index contributed by atoms with van der Waals surface area (Å²) in [6.45, 7) is 13.4. The average molecular weight is 170 g/mol. The van der Waals surface area contributed by atoms with Gasteiger partial charge in [-0.25, -0.2) is 0 Å². The van der Waals surface area contributed by atoms with Gasteiger partial charge in [-0.15, -0.1) is 0 Å². The fraction of sp³-hybridized carbons (Fsp3) is 1.00. The molecule has 0 aliphatic heterocycles. The van der Waals surface area contributed by atoms with E-state index in [2.05, 4.69) is 27.7 Å². The highest BCUT2D eigenvalue weighted by Gasteiger charge is 2.34. The zero-order valence-corrected chi connectivity index (χ0v) is 9.72. The van der Waals surface area contributed by atoms with Gasteiger partial charge in [-0.3, -0.25) is 0 Å². The molecule has 2 unspecified atom stereocenters. The lowest BCUT2D eigenvalue weighted by Crippen LogP contribution is -2.33. The molecule has 1 fully saturated rings. The molecule has 0 heteroatoms. The van der Waals surface area contributed by atoms with Crippen LogP contribution in [-0.2, 0) is 0 Å². The van der Waals surface area contributed by atoms with Gasteiger partial charge in [0.1, 0.15) is 0 Å². The summed E-state index contributed by atoms with van der Waals surface area (Å²) in [5.74, 6) is 3.92. The van der Waals surface area contributed by atoms with Gasteiger partial charge in [0.2, 0.25) is 0 Å². The molecule has 0 radical (unpaired) electrons.